The summed E-state index contributed by atoms with van der Waals surface area (Å²) in [5, 5.41) is 19.8. The van der Waals surface area contributed by atoms with Crippen LogP contribution in [0.15, 0.2) is 47.6 Å². The number of phenols is 1. The first-order chi connectivity index (χ1) is 15.6. The molecule has 3 aromatic rings. The van der Waals surface area contributed by atoms with Gasteiger partial charge in [0.1, 0.15) is 5.75 Å². The molecular weight excluding hydrogens is 432 g/mol. The van der Waals surface area contributed by atoms with Gasteiger partial charge in [0.2, 0.25) is 17.8 Å². The topological polar surface area (TPSA) is 120 Å². The van der Waals surface area contributed by atoms with Gasteiger partial charge in [-0.3, -0.25) is 5.43 Å². The Kier molecular flexibility index (Phi) is 6.95. The van der Waals surface area contributed by atoms with Gasteiger partial charge in [0.25, 0.3) is 0 Å². The second kappa shape index (κ2) is 10.2. The summed E-state index contributed by atoms with van der Waals surface area (Å²) >= 11 is 6.24. The molecule has 10 nitrogen and oxygen atoms in total. The summed E-state index contributed by atoms with van der Waals surface area (Å²) in [5.41, 5.74) is 8.25. The summed E-state index contributed by atoms with van der Waals surface area (Å²) < 4.78 is 5.38. The molecule has 1 aliphatic rings. The molecule has 2 heterocycles. The van der Waals surface area contributed by atoms with Crippen LogP contribution >= 0.6 is 11.6 Å². The number of rotatable bonds is 7. The Balaban J connectivity index is 1.55. The van der Waals surface area contributed by atoms with Crippen LogP contribution in [0.5, 0.6) is 5.75 Å². The highest BCUT2D eigenvalue weighted by Crippen LogP contribution is 2.23. The Hall–Kier alpha value is -3.47. The summed E-state index contributed by atoms with van der Waals surface area (Å²) in [7, 11) is 0. The highest BCUT2D eigenvalue weighted by atomic mass is 35.5. The molecule has 4 rings (SSSR count). The first kappa shape index (κ1) is 21.8. The normalized spacial score (nSPS) is 14.4. The first-order valence-electron chi connectivity index (χ1n) is 10.0. The minimum Gasteiger partial charge on any atom is -0.507 e. The molecule has 0 saturated carbocycles. The average molecular weight is 455 g/mol. The van der Waals surface area contributed by atoms with Crippen molar-refractivity contribution in [3.8, 4) is 5.75 Å². The lowest BCUT2D eigenvalue weighted by Crippen LogP contribution is -2.40. The number of nitrogens with one attached hydrogen (secondary N) is 3. The van der Waals surface area contributed by atoms with Crippen LogP contribution < -0.4 is 16.2 Å². The maximum Gasteiger partial charge on any atom is 0.250 e. The van der Waals surface area contributed by atoms with E-state index in [1.807, 2.05) is 30.1 Å². The molecule has 1 aliphatic heterocycles. The van der Waals surface area contributed by atoms with Gasteiger partial charge in [-0.1, -0.05) is 29.8 Å². The smallest absolute Gasteiger partial charge is 0.250 e. The molecule has 0 bridgehead atoms. The largest absolute Gasteiger partial charge is 0.507 e. The van der Waals surface area contributed by atoms with Crippen molar-refractivity contribution in [2.75, 3.05) is 42.5 Å². The Morgan fingerprint density at radius 2 is 1.81 bits per heavy atom. The highest BCUT2D eigenvalue weighted by molar-refractivity contribution is 6.31. The summed E-state index contributed by atoms with van der Waals surface area (Å²) in [5.74, 6) is 1.02. The third-order valence-electron chi connectivity index (χ3n) is 4.64. The van der Waals surface area contributed by atoms with E-state index in [-0.39, 0.29) is 11.7 Å². The zero-order valence-corrected chi connectivity index (χ0v) is 18.2. The maximum absolute atomic E-state index is 9.88. The predicted molar refractivity (Wildman–Crippen MR) is 125 cm³/mol. The number of hydrogen-bond acceptors (Lipinski definition) is 10. The van der Waals surface area contributed by atoms with Crippen molar-refractivity contribution >= 4 is 41.3 Å². The molecule has 1 aromatic heterocycles. The van der Waals surface area contributed by atoms with E-state index in [1.54, 1.807) is 24.3 Å². The quantitative estimate of drug-likeness (QED) is 0.314. The molecular formula is C21H23ClN8O2. The van der Waals surface area contributed by atoms with Crippen LogP contribution in [0.4, 0.5) is 23.5 Å². The van der Waals surface area contributed by atoms with Crippen molar-refractivity contribution in [1.82, 2.24) is 20.0 Å². The van der Waals surface area contributed by atoms with Crippen molar-refractivity contribution in [2.24, 2.45) is 5.10 Å². The van der Waals surface area contributed by atoms with Gasteiger partial charge in [-0.15, -0.1) is 0 Å². The van der Waals surface area contributed by atoms with Crippen LogP contribution in [0.3, 0.4) is 0 Å². The molecule has 0 amide bonds. The predicted octanol–water partition coefficient (Wildman–Crippen LogP) is 3.39. The van der Waals surface area contributed by atoms with Crippen molar-refractivity contribution in [2.45, 2.75) is 6.92 Å². The van der Waals surface area contributed by atoms with Crippen LogP contribution in [0.1, 0.15) is 11.1 Å². The van der Waals surface area contributed by atoms with Gasteiger partial charge in [-0.05, 0) is 36.8 Å². The zero-order chi connectivity index (χ0) is 22.3. The third-order valence-corrected chi connectivity index (χ3v) is 5.04. The van der Waals surface area contributed by atoms with Gasteiger partial charge < -0.3 is 15.2 Å². The minimum atomic E-state index is 0.127. The van der Waals surface area contributed by atoms with Gasteiger partial charge in [-0.25, -0.2) is 10.4 Å². The number of ether oxygens (including phenoxy) is 1. The van der Waals surface area contributed by atoms with Gasteiger partial charge in [0.05, 0.1) is 19.4 Å². The number of hydrazone groups is 1. The van der Waals surface area contributed by atoms with Gasteiger partial charge in [-0.2, -0.15) is 20.1 Å². The number of aryl methyl sites for hydroxylation is 1. The number of anilines is 4. The van der Waals surface area contributed by atoms with Crippen LogP contribution in [-0.4, -0.2) is 57.6 Å². The Bertz CT molecular complexity index is 1100. The fourth-order valence-electron chi connectivity index (χ4n) is 2.90. The standard InChI is InChI=1S/C21H23ClN8O2/c1-14-6-7-16(12-17(14)22)24-19-25-20(28-23-13-15-4-2-3-5-18(15)31)27-21(26-19)29-30-8-10-32-11-9-30/h2-7,12-13,31H,8-11H2,1H3,(H3,24,25,26,27,28,29)/b23-13+. The van der Waals surface area contributed by atoms with Gasteiger partial charge >= 0.3 is 0 Å². The number of benzene rings is 2. The number of para-hydroxylation sites is 1. The molecule has 1 fully saturated rings. The lowest BCUT2D eigenvalue weighted by molar-refractivity contribution is 0.0492. The number of hydrogen-bond donors (Lipinski definition) is 4. The SMILES string of the molecule is Cc1ccc(Nc2nc(N/N=C/c3ccccc3O)nc(NN3CCOCC3)n2)cc1Cl. The van der Waals surface area contributed by atoms with Crippen molar-refractivity contribution in [3.63, 3.8) is 0 Å². The van der Waals surface area contributed by atoms with Crippen molar-refractivity contribution in [1.29, 1.82) is 0 Å². The fourth-order valence-corrected chi connectivity index (χ4v) is 3.08. The van der Waals surface area contributed by atoms with E-state index in [0.717, 1.165) is 11.3 Å². The van der Waals surface area contributed by atoms with Gasteiger partial charge in [0, 0.05) is 29.4 Å². The number of halogens is 1. The Morgan fingerprint density at radius 3 is 2.59 bits per heavy atom. The van der Waals surface area contributed by atoms with E-state index >= 15 is 0 Å². The number of aromatic nitrogens is 3. The molecule has 0 spiro atoms. The zero-order valence-electron chi connectivity index (χ0n) is 17.4. The summed E-state index contributed by atoms with van der Waals surface area (Å²) in [6.07, 6.45) is 1.49. The number of nitrogens with zero attached hydrogens (tertiary/aromatic N) is 5. The number of morpholine rings is 1. The molecule has 2 aromatic carbocycles. The Morgan fingerprint density at radius 1 is 1.06 bits per heavy atom. The lowest BCUT2D eigenvalue weighted by Gasteiger charge is -2.26. The first-order valence-corrected chi connectivity index (χ1v) is 10.4. The number of aromatic hydroxyl groups is 1. The summed E-state index contributed by atoms with van der Waals surface area (Å²) in [6.45, 7) is 4.60. The van der Waals surface area contributed by atoms with E-state index in [1.165, 1.54) is 6.21 Å². The monoisotopic (exact) mass is 454 g/mol. The second-order valence-electron chi connectivity index (χ2n) is 7.04. The molecule has 4 N–H and O–H groups in total. The van der Waals surface area contributed by atoms with Crippen molar-refractivity contribution in [3.05, 3.63) is 58.6 Å². The van der Waals surface area contributed by atoms with E-state index in [9.17, 15) is 5.11 Å². The second-order valence-corrected chi connectivity index (χ2v) is 7.44. The van der Waals surface area contributed by atoms with Gasteiger partial charge in [0.15, 0.2) is 0 Å². The van der Waals surface area contributed by atoms with Crippen LogP contribution in [0.25, 0.3) is 0 Å². The molecule has 0 aliphatic carbocycles. The molecule has 11 heteroatoms. The average Bonchev–Trinajstić information content (AvgIpc) is 2.78. The van der Waals surface area contributed by atoms with Crippen LogP contribution in [-0.2, 0) is 4.74 Å². The van der Waals surface area contributed by atoms with Crippen LogP contribution in [0, 0.1) is 6.92 Å². The Labute approximate surface area is 190 Å². The fraction of sp³-hybridized carbons (Fsp3) is 0.238. The number of phenolic OH excluding ortho intramolecular Hbond substituents is 1. The van der Waals surface area contributed by atoms with E-state index in [2.05, 4.69) is 36.2 Å². The molecule has 32 heavy (non-hydrogen) atoms. The minimum absolute atomic E-state index is 0.127. The molecule has 0 atom stereocenters. The summed E-state index contributed by atoms with van der Waals surface area (Å²) in [6, 6.07) is 12.5. The lowest BCUT2D eigenvalue weighted by atomic mass is 10.2. The van der Waals surface area contributed by atoms with E-state index in [0.29, 0.717) is 48.8 Å². The van der Waals surface area contributed by atoms with Crippen LogP contribution in [0.2, 0.25) is 5.02 Å². The molecule has 1 saturated heterocycles. The van der Waals surface area contributed by atoms with E-state index in [4.69, 9.17) is 16.3 Å². The summed E-state index contributed by atoms with van der Waals surface area (Å²) in [4.78, 5) is 13.2. The number of hydrazine groups is 1. The third kappa shape index (κ3) is 5.82. The van der Waals surface area contributed by atoms with Crippen molar-refractivity contribution < 1.29 is 9.84 Å². The van der Waals surface area contributed by atoms with E-state index < -0.39 is 0 Å². The maximum atomic E-state index is 9.88. The molecule has 0 radical (unpaired) electrons. The highest BCUT2D eigenvalue weighted by Gasteiger charge is 2.14. The molecule has 166 valence electrons. The molecule has 0 unspecified atom stereocenters.